The van der Waals surface area contributed by atoms with Crippen molar-refractivity contribution in [3.05, 3.63) is 46.3 Å². The molecule has 0 aliphatic heterocycles. The van der Waals surface area contributed by atoms with Gasteiger partial charge >= 0.3 is 5.97 Å². The Morgan fingerprint density at radius 1 is 1.25 bits per heavy atom. The smallest absolute Gasteiger partial charge is 0.307 e. The van der Waals surface area contributed by atoms with Crippen molar-refractivity contribution in [2.45, 2.75) is 54.4 Å². The Kier molecular flexibility index (Phi) is 6.00. The number of rotatable bonds is 4. The van der Waals surface area contributed by atoms with E-state index in [9.17, 15) is 4.79 Å². The van der Waals surface area contributed by atoms with Crippen molar-refractivity contribution in [1.82, 2.24) is 0 Å². The first kappa shape index (κ1) is 16.5. The van der Waals surface area contributed by atoms with Crippen molar-refractivity contribution < 1.29 is 9.53 Å². The lowest BCUT2D eigenvalue weighted by Gasteiger charge is -2.16. The van der Waals surface area contributed by atoms with Crippen LogP contribution in [0.1, 0.15) is 54.4 Å². The SMILES string of the molecule is CC(=O)O/C(CC=C(C)C)=C1\C(C)=CCC1C=C(C)C. The van der Waals surface area contributed by atoms with E-state index in [1.165, 1.54) is 29.2 Å². The molecular weight excluding hydrogens is 248 g/mol. The van der Waals surface area contributed by atoms with Gasteiger partial charge in [-0.15, -0.1) is 0 Å². The van der Waals surface area contributed by atoms with Gasteiger partial charge in [-0.3, -0.25) is 4.79 Å². The van der Waals surface area contributed by atoms with E-state index in [0.717, 1.165) is 12.2 Å². The molecule has 0 fully saturated rings. The third-order valence-corrected chi connectivity index (χ3v) is 3.27. The molecule has 2 heteroatoms. The molecule has 0 aromatic rings. The molecule has 0 radical (unpaired) electrons. The average Bonchev–Trinajstić information content (AvgIpc) is 2.64. The predicted octanol–water partition coefficient (Wildman–Crippen LogP) is 5.09. The summed E-state index contributed by atoms with van der Waals surface area (Å²) in [5, 5.41) is 0. The maximum Gasteiger partial charge on any atom is 0.307 e. The molecule has 1 unspecified atom stereocenters. The van der Waals surface area contributed by atoms with E-state index < -0.39 is 0 Å². The van der Waals surface area contributed by atoms with Gasteiger partial charge < -0.3 is 4.74 Å². The molecule has 0 aromatic carbocycles. The zero-order valence-corrected chi connectivity index (χ0v) is 13.5. The van der Waals surface area contributed by atoms with Crippen LogP contribution in [-0.2, 0) is 9.53 Å². The lowest BCUT2D eigenvalue weighted by molar-refractivity contribution is -0.137. The van der Waals surface area contributed by atoms with Crippen LogP contribution < -0.4 is 0 Å². The van der Waals surface area contributed by atoms with Gasteiger partial charge in [0.25, 0.3) is 0 Å². The monoisotopic (exact) mass is 274 g/mol. The second-order valence-corrected chi connectivity index (χ2v) is 5.89. The van der Waals surface area contributed by atoms with Crippen LogP contribution in [-0.4, -0.2) is 5.97 Å². The van der Waals surface area contributed by atoms with Gasteiger partial charge in [0.05, 0.1) is 0 Å². The van der Waals surface area contributed by atoms with Crippen molar-refractivity contribution in [2.75, 3.05) is 0 Å². The summed E-state index contributed by atoms with van der Waals surface area (Å²) in [4.78, 5) is 11.4. The zero-order valence-electron chi connectivity index (χ0n) is 13.5. The van der Waals surface area contributed by atoms with Gasteiger partial charge in [0.1, 0.15) is 5.76 Å². The number of ether oxygens (including phenoxy) is 1. The van der Waals surface area contributed by atoms with Crippen LogP contribution in [0.4, 0.5) is 0 Å². The molecule has 20 heavy (non-hydrogen) atoms. The summed E-state index contributed by atoms with van der Waals surface area (Å²) in [6.45, 7) is 11.9. The molecule has 0 amide bonds. The fourth-order valence-electron chi connectivity index (χ4n) is 2.48. The van der Waals surface area contributed by atoms with Crippen LogP contribution in [0.25, 0.3) is 0 Å². The molecule has 1 aliphatic rings. The molecule has 0 aromatic heterocycles. The minimum absolute atomic E-state index is 0.245. The molecule has 1 rings (SSSR count). The van der Waals surface area contributed by atoms with Crippen molar-refractivity contribution in [2.24, 2.45) is 5.92 Å². The number of hydrogen-bond donors (Lipinski definition) is 0. The van der Waals surface area contributed by atoms with E-state index in [0.29, 0.717) is 12.3 Å². The second-order valence-electron chi connectivity index (χ2n) is 5.89. The first-order valence-electron chi connectivity index (χ1n) is 7.18. The summed E-state index contributed by atoms with van der Waals surface area (Å²) in [5.41, 5.74) is 4.93. The molecule has 0 saturated heterocycles. The Morgan fingerprint density at radius 2 is 1.90 bits per heavy atom. The van der Waals surface area contributed by atoms with Crippen LogP contribution >= 0.6 is 0 Å². The Balaban J connectivity index is 3.20. The molecular formula is C18H26O2. The van der Waals surface area contributed by atoms with Gasteiger partial charge in [0.15, 0.2) is 0 Å². The van der Waals surface area contributed by atoms with Gasteiger partial charge in [-0.1, -0.05) is 29.4 Å². The lowest BCUT2D eigenvalue weighted by atomic mass is 9.94. The Morgan fingerprint density at radius 3 is 2.40 bits per heavy atom. The maximum absolute atomic E-state index is 11.4. The largest absolute Gasteiger partial charge is 0.431 e. The van der Waals surface area contributed by atoms with E-state index >= 15 is 0 Å². The summed E-state index contributed by atoms with van der Waals surface area (Å²) >= 11 is 0. The number of carbonyl (C=O) groups is 1. The number of carbonyl (C=O) groups excluding carboxylic acids is 1. The highest BCUT2D eigenvalue weighted by Gasteiger charge is 2.24. The Bertz CT molecular complexity index is 494. The zero-order chi connectivity index (χ0) is 15.3. The molecule has 0 bridgehead atoms. The van der Waals surface area contributed by atoms with Gasteiger partial charge in [-0.2, -0.15) is 0 Å². The van der Waals surface area contributed by atoms with Gasteiger partial charge in [-0.05, 0) is 46.6 Å². The highest BCUT2D eigenvalue weighted by Crippen LogP contribution is 2.36. The molecule has 1 aliphatic carbocycles. The van der Waals surface area contributed by atoms with E-state index in [1.54, 1.807) is 0 Å². The van der Waals surface area contributed by atoms with Crippen LogP contribution in [0.2, 0.25) is 0 Å². The van der Waals surface area contributed by atoms with Gasteiger partial charge in [0.2, 0.25) is 0 Å². The maximum atomic E-state index is 11.4. The summed E-state index contributed by atoms with van der Waals surface area (Å²) in [6.07, 6.45) is 8.26. The quantitative estimate of drug-likeness (QED) is 0.405. The van der Waals surface area contributed by atoms with Crippen LogP contribution in [0, 0.1) is 5.92 Å². The lowest BCUT2D eigenvalue weighted by Crippen LogP contribution is -2.07. The normalized spacial score (nSPS) is 20.1. The molecule has 0 N–H and O–H groups in total. The van der Waals surface area contributed by atoms with Crippen molar-refractivity contribution in [1.29, 1.82) is 0 Å². The summed E-state index contributed by atoms with van der Waals surface area (Å²) in [5.74, 6) is 0.887. The molecule has 0 spiro atoms. The van der Waals surface area contributed by atoms with Crippen LogP contribution in [0.3, 0.4) is 0 Å². The van der Waals surface area contributed by atoms with E-state index in [-0.39, 0.29) is 5.97 Å². The highest BCUT2D eigenvalue weighted by atomic mass is 16.5. The summed E-state index contributed by atoms with van der Waals surface area (Å²) in [7, 11) is 0. The summed E-state index contributed by atoms with van der Waals surface area (Å²) < 4.78 is 5.49. The third-order valence-electron chi connectivity index (χ3n) is 3.27. The second kappa shape index (κ2) is 7.28. The average molecular weight is 274 g/mol. The molecule has 110 valence electrons. The Hall–Kier alpha value is -1.57. The third kappa shape index (κ3) is 4.84. The number of hydrogen-bond acceptors (Lipinski definition) is 2. The molecule has 2 nitrogen and oxygen atoms in total. The number of allylic oxidation sites excluding steroid dienone is 7. The molecule has 1 atom stereocenters. The fourth-order valence-corrected chi connectivity index (χ4v) is 2.48. The Labute approximate surface area is 122 Å². The van der Waals surface area contributed by atoms with E-state index in [4.69, 9.17) is 4.74 Å². The highest BCUT2D eigenvalue weighted by molar-refractivity contribution is 5.68. The summed E-state index contributed by atoms with van der Waals surface area (Å²) in [6, 6.07) is 0. The van der Waals surface area contributed by atoms with Crippen LogP contribution in [0.15, 0.2) is 46.3 Å². The first-order chi connectivity index (χ1) is 9.31. The predicted molar refractivity (Wildman–Crippen MR) is 84.1 cm³/mol. The van der Waals surface area contributed by atoms with Crippen LogP contribution in [0.5, 0.6) is 0 Å². The van der Waals surface area contributed by atoms with Crippen molar-refractivity contribution >= 4 is 5.97 Å². The van der Waals surface area contributed by atoms with Gasteiger partial charge in [-0.25, -0.2) is 0 Å². The van der Waals surface area contributed by atoms with Crippen molar-refractivity contribution in [3.8, 4) is 0 Å². The molecule has 0 saturated carbocycles. The standard InChI is InChI=1S/C18H26O2/c1-12(2)7-10-17(20-15(6)19)18-14(5)8-9-16(18)11-13(3)4/h7-8,11,16H,9-10H2,1-6H3/b18-17+. The minimum atomic E-state index is -0.245. The van der Waals surface area contributed by atoms with E-state index in [2.05, 4.69) is 52.8 Å². The van der Waals surface area contributed by atoms with Gasteiger partial charge in [0, 0.05) is 24.8 Å². The molecule has 0 heterocycles. The van der Waals surface area contributed by atoms with E-state index in [1.807, 2.05) is 0 Å². The number of esters is 1. The fraction of sp³-hybridized carbons (Fsp3) is 0.500. The first-order valence-corrected chi connectivity index (χ1v) is 7.18. The van der Waals surface area contributed by atoms with Crippen molar-refractivity contribution in [3.63, 3.8) is 0 Å². The minimum Gasteiger partial charge on any atom is -0.431 e. The topological polar surface area (TPSA) is 26.3 Å².